The Labute approximate surface area is 137 Å². The quantitative estimate of drug-likeness (QED) is 0.487. The Kier molecular flexibility index (Phi) is 4.33. The van der Waals surface area contributed by atoms with Crippen molar-refractivity contribution >= 4 is 11.7 Å². The number of esters is 1. The van der Waals surface area contributed by atoms with Crippen LogP contribution in [-0.2, 0) is 11.3 Å². The van der Waals surface area contributed by atoms with Gasteiger partial charge in [0.25, 0.3) is 5.69 Å². The van der Waals surface area contributed by atoms with Crippen LogP contribution in [0.1, 0.15) is 21.5 Å². The van der Waals surface area contributed by atoms with Crippen molar-refractivity contribution in [3.8, 4) is 11.5 Å². The van der Waals surface area contributed by atoms with Gasteiger partial charge >= 0.3 is 5.97 Å². The van der Waals surface area contributed by atoms with Crippen molar-refractivity contribution in [2.75, 3.05) is 13.2 Å². The number of nitrogens with zero attached hydrogens (tertiary/aromatic N) is 1. The van der Waals surface area contributed by atoms with Gasteiger partial charge in [0.05, 0.1) is 11.0 Å². The smallest absolute Gasteiger partial charge is 0.345 e. The Balaban J connectivity index is 1.82. The van der Waals surface area contributed by atoms with E-state index in [1.807, 2.05) is 31.2 Å². The fourth-order valence-electron chi connectivity index (χ4n) is 2.30. The van der Waals surface area contributed by atoms with Crippen LogP contribution in [0.15, 0.2) is 36.4 Å². The Morgan fingerprint density at radius 1 is 1.17 bits per heavy atom. The number of aryl methyl sites for hydroxylation is 1. The molecule has 24 heavy (non-hydrogen) atoms. The lowest BCUT2D eigenvalue weighted by atomic mass is 10.1. The summed E-state index contributed by atoms with van der Waals surface area (Å²) in [5.41, 5.74) is 1.37. The summed E-state index contributed by atoms with van der Waals surface area (Å²) in [6.45, 7) is 2.61. The Morgan fingerprint density at radius 3 is 2.42 bits per heavy atom. The zero-order valence-corrected chi connectivity index (χ0v) is 13.0. The number of nitro groups is 1. The average Bonchev–Trinajstić information content (AvgIpc) is 2.59. The van der Waals surface area contributed by atoms with Crippen LogP contribution in [0.3, 0.4) is 0 Å². The Hall–Kier alpha value is -3.09. The summed E-state index contributed by atoms with van der Waals surface area (Å²) in [7, 11) is 0. The van der Waals surface area contributed by atoms with Crippen LogP contribution < -0.4 is 9.47 Å². The molecule has 0 saturated carbocycles. The maximum Gasteiger partial charge on any atom is 0.345 e. The molecule has 1 aliphatic rings. The summed E-state index contributed by atoms with van der Waals surface area (Å²) in [5, 5.41) is 11.2. The lowest BCUT2D eigenvalue weighted by Crippen LogP contribution is -2.17. The molecule has 2 aromatic carbocycles. The molecule has 0 fully saturated rings. The molecule has 0 N–H and O–H groups in total. The second kappa shape index (κ2) is 6.57. The summed E-state index contributed by atoms with van der Waals surface area (Å²) in [4.78, 5) is 22.9. The third-order valence-corrected chi connectivity index (χ3v) is 3.57. The van der Waals surface area contributed by atoms with Crippen LogP contribution in [0.4, 0.5) is 5.69 Å². The molecule has 124 valence electrons. The highest BCUT2D eigenvalue weighted by Crippen LogP contribution is 2.36. The Bertz CT molecular complexity index is 784. The average molecular weight is 329 g/mol. The van der Waals surface area contributed by atoms with Crippen LogP contribution in [0.5, 0.6) is 11.5 Å². The topological polar surface area (TPSA) is 87.9 Å². The fraction of sp³-hybridized carbons (Fsp3) is 0.235. The number of fused-ring (bicyclic) bond motifs is 1. The molecule has 3 rings (SSSR count). The van der Waals surface area contributed by atoms with Gasteiger partial charge in [-0.05, 0) is 12.5 Å². The third kappa shape index (κ3) is 3.29. The predicted molar refractivity (Wildman–Crippen MR) is 84.4 cm³/mol. The van der Waals surface area contributed by atoms with Crippen molar-refractivity contribution in [3.63, 3.8) is 0 Å². The van der Waals surface area contributed by atoms with E-state index in [4.69, 9.17) is 14.2 Å². The number of nitro benzene ring substituents is 1. The molecule has 0 spiro atoms. The number of ether oxygens (including phenoxy) is 3. The second-order valence-corrected chi connectivity index (χ2v) is 5.33. The summed E-state index contributed by atoms with van der Waals surface area (Å²) in [6.07, 6.45) is 0. The number of carbonyl (C=O) groups is 1. The summed E-state index contributed by atoms with van der Waals surface area (Å²) < 4.78 is 15.9. The van der Waals surface area contributed by atoms with Crippen LogP contribution in [0.2, 0.25) is 0 Å². The van der Waals surface area contributed by atoms with E-state index in [0.29, 0.717) is 19.0 Å². The largest absolute Gasteiger partial charge is 0.486 e. The molecule has 2 aromatic rings. The summed E-state index contributed by atoms with van der Waals surface area (Å²) in [5.74, 6) is -0.226. The minimum Gasteiger partial charge on any atom is -0.486 e. The van der Waals surface area contributed by atoms with Gasteiger partial charge in [0, 0.05) is 6.07 Å². The summed E-state index contributed by atoms with van der Waals surface area (Å²) >= 11 is 0. The molecular formula is C17H15NO6. The van der Waals surface area contributed by atoms with E-state index in [1.165, 1.54) is 12.1 Å². The zero-order valence-electron chi connectivity index (χ0n) is 13.0. The molecule has 0 aromatic heterocycles. The lowest BCUT2D eigenvalue weighted by Gasteiger charge is -2.18. The number of hydrogen-bond acceptors (Lipinski definition) is 6. The second-order valence-electron chi connectivity index (χ2n) is 5.33. The van der Waals surface area contributed by atoms with E-state index in [9.17, 15) is 14.9 Å². The van der Waals surface area contributed by atoms with Gasteiger partial charge in [0.15, 0.2) is 11.5 Å². The molecule has 0 unspecified atom stereocenters. The first-order valence-electron chi connectivity index (χ1n) is 7.35. The number of hydrogen-bond donors (Lipinski definition) is 0. The molecule has 0 atom stereocenters. The van der Waals surface area contributed by atoms with E-state index < -0.39 is 10.9 Å². The first kappa shape index (κ1) is 15.8. The third-order valence-electron chi connectivity index (χ3n) is 3.57. The minimum absolute atomic E-state index is 0.0324. The predicted octanol–water partition coefficient (Wildman–Crippen LogP) is 3.03. The van der Waals surface area contributed by atoms with Gasteiger partial charge in [0.1, 0.15) is 25.4 Å². The van der Waals surface area contributed by atoms with Crippen LogP contribution in [0, 0.1) is 17.0 Å². The standard InChI is InChI=1S/C17H15NO6/c1-11-2-4-12(5-3-11)10-24-17(19)13-8-15-16(23-7-6-22-15)9-14(13)18(20)21/h2-5,8-9H,6-7,10H2,1H3. The first-order valence-corrected chi connectivity index (χ1v) is 7.35. The molecule has 1 heterocycles. The number of carbonyl (C=O) groups excluding carboxylic acids is 1. The number of rotatable bonds is 4. The zero-order chi connectivity index (χ0) is 17.1. The minimum atomic E-state index is -0.778. The van der Waals surface area contributed by atoms with Gasteiger partial charge in [-0.15, -0.1) is 0 Å². The highest BCUT2D eigenvalue weighted by atomic mass is 16.6. The van der Waals surface area contributed by atoms with E-state index in [-0.39, 0.29) is 23.6 Å². The Morgan fingerprint density at radius 2 is 1.79 bits per heavy atom. The molecule has 0 bridgehead atoms. The van der Waals surface area contributed by atoms with Gasteiger partial charge in [-0.3, -0.25) is 10.1 Å². The molecule has 0 aliphatic carbocycles. The van der Waals surface area contributed by atoms with Crippen LogP contribution >= 0.6 is 0 Å². The van der Waals surface area contributed by atoms with Crippen molar-refractivity contribution in [1.82, 2.24) is 0 Å². The highest BCUT2D eigenvalue weighted by molar-refractivity contribution is 5.95. The fourth-order valence-corrected chi connectivity index (χ4v) is 2.30. The van der Waals surface area contributed by atoms with Crippen molar-refractivity contribution < 1.29 is 23.9 Å². The van der Waals surface area contributed by atoms with Crippen molar-refractivity contribution in [1.29, 1.82) is 0 Å². The van der Waals surface area contributed by atoms with Gasteiger partial charge in [-0.1, -0.05) is 29.8 Å². The highest BCUT2D eigenvalue weighted by Gasteiger charge is 2.27. The van der Waals surface area contributed by atoms with E-state index in [0.717, 1.165) is 11.1 Å². The SMILES string of the molecule is Cc1ccc(COC(=O)c2cc3c(cc2[N+](=O)[O-])OCCO3)cc1. The van der Waals surface area contributed by atoms with Crippen molar-refractivity contribution in [3.05, 3.63) is 63.2 Å². The molecular weight excluding hydrogens is 314 g/mol. The van der Waals surface area contributed by atoms with Crippen molar-refractivity contribution in [2.24, 2.45) is 0 Å². The van der Waals surface area contributed by atoms with Crippen LogP contribution in [-0.4, -0.2) is 24.1 Å². The van der Waals surface area contributed by atoms with E-state index >= 15 is 0 Å². The normalized spacial score (nSPS) is 12.5. The molecule has 0 amide bonds. The van der Waals surface area contributed by atoms with Gasteiger partial charge in [-0.2, -0.15) is 0 Å². The summed E-state index contributed by atoms with van der Waals surface area (Å²) in [6, 6.07) is 9.95. The first-order chi connectivity index (χ1) is 11.5. The number of benzene rings is 2. The van der Waals surface area contributed by atoms with Crippen molar-refractivity contribution in [2.45, 2.75) is 13.5 Å². The lowest BCUT2D eigenvalue weighted by molar-refractivity contribution is -0.385. The van der Waals surface area contributed by atoms with Crippen LogP contribution in [0.25, 0.3) is 0 Å². The van der Waals surface area contributed by atoms with E-state index in [1.54, 1.807) is 0 Å². The van der Waals surface area contributed by atoms with Gasteiger partial charge < -0.3 is 14.2 Å². The molecule has 7 nitrogen and oxygen atoms in total. The maximum absolute atomic E-state index is 12.3. The molecule has 0 saturated heterocycles. The van der Waals surface area contributed by atoms with E-state index in [2.05, 4.69) is 0 Å². The van der Waals surface area contributed by atoms with Gasteiger partial charge in [-0.25, -0.2) is 4.79 Å². The maximum atomic E-state index is 12.3. The monoisotopic (exact) mass is 329 g/mol. The molecule has 7 heteroatoms. The van der Waals surface area contributed by atoms with Gasteiger partial charge in [0.2, 0.25) is 0 Å². The molecule has 0 radical (unpaired) electrons. The molecule has 1 aliphatic heterocycles.